The van der Waals surface area contributed by atoms with Gasteiger partial charge in [-0.3, -0.25) is 0 Å². The summed E-state index contributed by atoms with van der Waals surface area (Å²) < 4.78 is 6.17. The van der Waals surface area contributed by atoms with Crippen LogP contribution in [0.15, 0.2) is 188 Å². The zero-order valence-electron chi connectivity index (χ0n) is 29.8. The summed E-state index contributed by atoms with van der Waals surface area (Å²) in [7, 11) is 0. The Bertz CT molecular complexity index is 2710. The number of fused-ring (bicyclic) bond motifs is 13. The van der Waals surface area contributed by atoms with Gasteiger partial charge in [-0.05, 0) is 0 Å². The third-order valence-corrected chi connectivity index (χ3v) is 22.7. The molecule has 0 N–H and O–H groups in total. The molecule has 1 nitrogen and oxygen atoms in total. The first-order valence-corrected chi connectivity index (χ1v) is 22.9. The number of anilines is 3. The Labute approximate surface area is 314 Å². The Kier molecular flexibility index (Phi) is 6.55. The predicted molar refractivity (Wildman–Crippen MR) is 226 cm³/mol. The molecule has 11 rings (SSSR count). The molecule has 53 heavy (non-hydrogen) atoms. The SMILES string of the molecule is CC1(C)c2ccccc2-c2cc(N(c3cccc(-c4ccccc4)c3)c3ccc4[c](c3)[Ge]3([c]5ccccc5-c5cccc[c]53)[c]3ccccc3-4)ccc21. The van der Waals surface area contributed by atoms with Crippen LogP contribution in [0.5, 0.6) is 0 Å². The zero-order chi connectivity index (χ0) is 35.3. The molecule has 0 bridgehead atoms. The summed E-state index contributed by atoms with van der Waals surface area (Å²) in [6.45, 7) is 4.72. The van der Waals surface area contributed by atoms with Gasteiger partial charge in [0.05, 0.1) is 0 Å². The first-order valence-electron chi connectivity index (χ1n) is 18.7. The Morgan fingerprint density at radius 2 is 0.830 bits per heavy atom. The second-order valence-electron chi connectivity index (χ2n) is 15.3. The molecule has 2 heterocycles. The summed E-state index contributed by atoms with van der Waals surface area (Å²) in [6.07, 6.45) is 0. The molecule has 0 aromatic heterocycles. The van der Waals surface area contributed by atoms with Gasteiger partial charge in [-0.2, -0.15) is 0 Å². The first-order chi connectivity index (χ1) is 26.0. The van der Waals surface area contributed by atoms with E-state index in [-0.39, 0.29) is 5.41 Å². The molecule has 8 aromatic carbocycles. The van der Waals surface area contributed by atoms with Crippen LogP contribution in [0.25, 0.3) is 44.5 Å². The van der Waals surface area contributed by atoms with Crippen LogP contribution >= 0.6 is 0 Å². The Hall–Kier alpha value is -5.90. The zero-order valence-corrected chi connectivity index (χ0v) is 31.9. The quantitative estimate of drug-likeness (QED) is 0.163. The molecule has 250 valence electrons. The molecular formula is C51H37GeN. The van der Waals surface area contributed by atoms with E-state index in [0.717, 1.165) is 5.69 Å². The second kappa shape index (κ2) is 11.3. The van der Waals surface area contributed by atoms with Crippen LogP contribution in [-0.2, 0) is 5.41 Å². The minimum atomic E-state index is -3.37. The van der Waals surface area contributed by atoms with Gasteiger partial charge >= 0.3 is 316 Å². The van der Waals surface area contributed by atoms with Crippen LogP contribution in [0.3, 0.4) is 0 Å². The van der Waals surface area contributed by atoms with Crippen molar-refractivity contribution in [2.45, 2.75) is 19.3 Å². The Morgan fingerprint density at radius 3 is 1.51 bits per heavy atom. The Balaban J connectivity index is 1.18. The molecule has 1 aliphatic carbocycles. The number of hydrogen-bond acceptors (Lipinski definition) is 1. The fraction of sp³-hybridized carbons (Fsp3) is 0.0588. The average Bonchev–Trinajstić information content (AvgIpc) is 3.77. The molecule has 0 unspecified atom stereocenters. The first kappa shape index (κ1) is 30.7. The molecule has 0 amide bonds. The van der Waals surface area contributed by atoms with Crippen molar-refractivity contribution < 1.29 is 0 Å². The number of rotatable bonds is 4. The summed E-state index contributed by atoms with van der Waals surface area (Å²) in [6, 6.07) is 71.1. The van der Waals surface area contributed by atoms with Crippen LogP contribution in [0.1, 0.15) is 25.0 Å². The topological polar surface area (TPSA) is 3.24 Å². The Morgan fingerprint density at radius 1 is 0.340 bits per heavy atom. The fourth-order valence-electron chi connectivity index (χ4n) is 9.97. The van der Waals surface area contributed by atoms with Crippen LogP contribution in [-0.4, -0.2) is 13.3 Å². The van der Waals surface area contributed by atoms with E-state index >= 15 is 0 Å². The normalized spacial score (nSPS) is 14.5. The van der Waals surface area contributed by atoms with E-state index in [0.29, 0.717) is 0 Å². The fourth-order valence-corrected chi connectivity index (χ4v) is 21.8. The number of benzene rings is 8. The molecule has 0 saturated carbocycles. The third-order valence-electron chi connectivity index (χ3n) is 12.3. The van der Waals surface area contributed by atoms with Crippen LogP contribution < -0.4 is 22.5 Å². The van der Waals surface area contributed by atoms with Gasteiger partial charge in [0.1, 0.15) is 0 Å². The average molecular weight is 736 g/mol. The van der Waals surface area contributed by atoms with Crippen molar-refractivity contribution in [3.05, 3.63) is 199 Å². The molecule has 0 fully saturated rings. The molecular weight excluding hydrogens is 699 g/mol. The summed E-state index contributed by atoms with van der Waals surface area (Å²) in [4.78, 5) is 2.51. The molecule has 0 atom stereocenters. The summed E-state index contributed by atoms with van der Waals surface area (Å²) in [5.41, 5.74) is 16.9. The van der Waals surface area contributed by atoms with Crippen LogP contribution in [0.2, 0.25) is 0 Å². The van der Waals surface area contributed by atoms with Crippen molar-refractivity contribution in [1.82, 2.24) is 0 Å². The van der Waals surface area contributed by atoms with Gasteiger partial charge in [0.25, 0.3) is 0 Å². The van der Waals surface area contributed by atoms with E-state index in [1.54, 1.807) is 13.2 Å². The molecule has 3 aliphatic rings. The molecule has 0 saturated heterocycles. The molecule has 8 aromatic rings. The molecule has 0 radical (unpaired) electrons. The third kappa shape index (κ3) is 4.20. The maximum absolute atomic E-state index is 3.37. The summed E-state index contributed by atoms with van der Waals surface area (Å²) >= 11 is -3.37. The van der Waals surface area contributed by atoms with E-state index in [4.69, 9.17) is 0 Å². The van der Waals surface area contributed by atoms with Gasteiger partial charge in [-0.1, -0.05) is 0 Å². The van der Waals surface area contributed by atoms with Gasteiger partial charge in [0.15, 0.2) is 0 Å². The van der Waals surface area contributed by atoms with Gasteiger partial charge < -0.3 is 0 Å². The van der Waals surface area contributed by atoms with Crippen molar-refractivity contribution >= 4 is 47.9 Å². The van der Waals surface area contributed by atoms with E-state index < -0.39 is 13.3 Å². The summed E-state index contributed by atoms with van der Waals surface area (Å²) in [5, 5.41) is 0. The van der Waals surface area contributed by atoms with E-state index in [9.17, 15) is 0 Å². The van der Waals surface area contributed by atoms with Crippen LogP contribution in [0.4, 0.5) is 17.1 Å². The van der Waals surface area contributed by atoms with Crippen molar-refractivity contribution in [2.24, 2.45) is 0 Å². The van der Waals surface area contributed by atoms with Gasteiger partial charge in [0.2, 0.25) is 0 Å². The van der Waals surface area contributed by atoms with Crippen molar-refractivity contribution in [2.75, 3.05) is 4.90 Å². The van der Waals surface area contributed by atoms with Crippen molar-refractivity contribution in [1.29, 1.82) is 0 Å². The van der Waals surface area contributed by atoms with Gasteiger partial charge in [-0.15, -0.1) is 0 Å². The van der Waals surface area contributed by atoms with Crippen LogP contribution in [0, 0.1) is 0 Å². The summed E-state index contributed by atoms with van der Waals surface area (Å²) in [5.74, 6) is 0. The predicted octanol–water partition coefficient (Wildman–Crippen LogP) is 10.5. The van der Waals surface area contributed by atoms with Gasteiger partial charge in [0, 0.05) is 0 Å². The standard InChI is InChI=1S/C51H37GeN/c1-51(2)45-23-10-6-19-39(45)44-32-37(28-30-46(44)51)53(36-18-14-17-35(31-36)34-15-4-3-5-16-34)38-27-29-43-42-22-9-13-26-49(42)52(50(43)33-38)47-24-11-7-20-40(47)41-21-8-12-25-48(41)52/h3-33H,1-2H3. The van der Waals surface area contributed by atoms with E-state index in [1.165, 1.54) is 71.4 Å². The van der Waals surface area contributed by atoms with E-state index in [1.807, 2.05) is 0 Å². The number of nitrogens with zero attached hydrogens (tertiary/aromatic N) is 1. The molecule has 2 heteroatoms. The second-order valence-corrected chi connectivity index (χ2v) is 22.9. The monoisotopic (exact) mass is 737 g/mol. The maximum atomic E-state index is 2.58. The molecule has 1 spiro atoms. The van der Waals surface area contributed by atoms with Crippen molar-refractivity contribution in [3.8, 4) is 44.5 Å². The number of hydrogen-bond donors (Lipinski definition) is 0. The minimum absolute atomic E-state index is 0.0505. The van der Waals surface area contributed by atoms with Crippen molar-refractivity contribution in [3.63, 3.8) is 0 Å². The molecule has 2 aliphatic heterocycles. The van der Waals surface area contributed by atoms with E-state index in [2.05, 4.69) is 207 Å². The van der Waals surface area contributed by atoms with Gasteiger partial charge in [-0.25, -0.2) is 0 Å².